The molecule has 0 radical (unpaired) electrons. The summed E-state index contributed by atoms with van der Waals surface area (Å²) in [6.45, 7) is 0. The number of aryl methyl sites for hydroxylation is 1. The van der Waals surface area contributed by atoms with Crippen molar-refractivity contribution in [1.29, 1.82) is 0 Å². The molecule has 1 amide bonds. The first-order valence-electron chi connectivity index (χ1n) is 6.61. The van der Waals surface area contributed by atoms with Crippen LogP contribution in [0.2, 0.25) is 5.02 Å². The number of halogens is 2. The zero-order valence-corrected chi connectivity index (χ0v) is 12.1. The van der Waals surface area contributed by atoms with E-state index in [0.29, 0.717) is 18.5 Å². The van der Waals surface area contributed by atoms with Crippen molar-refractivity contribution in [2.24, 2.45) is 5.73 Å². The number of amides is 1. The number of carbonyl (C=O) groups is 1. The molecule has 0 fully saturated rings. The largest absolute Gasteiger partial charge is 0.325 e. The van der Waals surface area contributed by atoms with Crippen LogP contribution in [0.1, 0.15) is 12.0 Å². The van der Waals surface area contributed by atoms with Crippen LogP contribution < -0.4 is 11.1 Å². The highest BCUT2D eigenvalue weighted by atomic mass is 35.5. The van der Waals surface area contributed by atoms with Crippen molar-refractivity contribution in [2.75, 3.05) is 5.32 Å². The fourth-order valence-electron chi connectivity index (χ4n) is 1.96. The standard InChI is InChI=1S/C16H16ClFN2O/c17-12-8-13(18)10-14(9-12)20-16(21)15(19)7-6-11-4-2-1-3-5-11/h1-5,8-10,15H,6-7,19H2,(H,20,21). The fraction of sp³-hybridized carbons (Fsp3) is 0.188. The van der Waals surface area contributed by atoms with Gasteiger partial charge in [0.25, 0.3) is 0 Å². The maximum absolute atomic E-state index is 13.2. The summed E-state index contributed by atoms with van der Waals surface area (Å²) in [5, 5.41) is 2.80. The van der Waals surface area contributed by atoms with Crippen LogP contribution in [0.4, 0.5) is 10.1 Å². The van der Waals surface area contributed by atoms with Gasteiger partial charge in [-0.15, -0.1) is 0 Å². The van der Waals surface area contributed by atoms with Gasteiger partial charge in [-0.3, -0.25) is 4.79 Å². The topological polar surface area (TPSA) is 55.1 Å². The molecule has 2 rings (SSSR count). The first-order valence-corrected chi connectivity index (χ1v) is 6.99. The molecule has 0 aromatic heterocycles. The second kappa shape index (κ2) is 7.20. The minimum absolute atomic E-state index is 0.225. The summed E-state index contributed by atoms with van der Waals surface area (Å²) >= 11 is 5.73. The van der Waals surface area contributed by atoms with E-state index in [-0.39, 0.29) is 10.9 Å². The molecule has 2 aromatic rings. The maximum Gasteiger partial charge on any atom is 0.241 e. The number of rotatable bonds is 5. The third-order valence-electron chi connectivity index (χ3n) is 3.05. The predicted molar refractivity (Wildman–Crippen MR) is 82.8 cm³/mol. The van der Waals surface area contributed by atoms with Crippen molar-refractivity contribution in [1.82, 2.24) is 0 Å². The van der Waals surface area contributed by atoms with Crippen molar-refractivity contribution < 1.29 is 9.18 Å². The monoisotopic (exact) mass is 306 g/mol. The van der Waals surface area contributed by atoms with Crippen molar-refractivity contribution in [3.63, 3.8) is 0 Å². The van der Waals surface area contributed by atoms with Crippen LogP contribution in [0.3, 0.4) is 0 Å². The van der Waals surface area contributed by atoms with Gasteiger partial charge in [-0.2, -0.15) is 0 Å². The van der Waals surface area contributed by atoms with E-state index in [1.165, 1.54) is 18.2 Å². The number of anilines is 1. The molecule has 5 heteroatoms. The predicted octanol–water partition coefficient (Wildman–Crippen LogP) is 3.38. The lowest BCUT2D eigenvalue weighted by Gasteiger charge is -2.12. The highest BCUT2D eigenvalue weighted by Gasteiger charge is 2.14. The molecule has 3 nitrogen and oxygen atoms in total. The van der Waals surface area contributed by atoms with E-state index < -0.39 is 11.9 Å². The van der Waals surface area contributed by atoms with E-state index in [1.807, 2.05) is 30.3 Å². The van der Waals surface area contributed by atoms with Crippen molar-refractivity contribution in [3.8, 4) is 0 Å². The molecule has 0 saturated heterocycles. The van der Waals surface area contributed by atoms with Gasteiger partial charge in [0.2, 0.25) is 5.91 Å². The molecule has 1 unspecified atom stereocenters. The summed E-state index contributed by atoms with van der Waals surface area (Å²) in [6.07, 6.45) is 1.22. The molecule has 0 heterocycles. The van der Waals surface area contributed by atoms with Gasteiger partial charge in [0.1, 0.15) is 5.82 Å². The third-order valence-corrected chi connectivity index (χ3v) is 3.27. The Morgan fingerprint density at radius 2 is 1.95 bits per heavy atom. The van der Waals surface area contributed by atoms with Crippen LogP contribution in [-0.4, -0.2) is 11.9 Å². The van der Waals surface area contributed by atoms with Crippen LogP contribution >= 0.6 is 11.6 Å². The second-order valence-corrected chi connectivity index (χ2v) is 5.21. The highest BCUT2D eigenvalue weighted by molar-refractivity contribution is 6.30. The van der Waals surface area contributed by atoms with Gasteiger partial charge in [0.05, 0.1) is 6.04 Å². The molecule has 0 aliphatic rings. The Labute approximate surface area is 127 Å². The number of hydrogen-bond acceptors (Lipinski definition) is 2. The van der Waals surface area contributed by atoms with Gasteiger partial charge in [0, 0.05) is 10.7 Å². The van der Waals surface area contributed by atoms with E-state index in [0.717, 1.165) is 5.56 Å². The molecule has 0 bridgehead atoms. The minimum Gasteiger partial charge on any atom is -0.325 e. The molecule has 0 aliphatic carbocycles. The van der Waals surface area contributed by atoms with Gasteiger partial charge in [-0.05, 0) is 36.6 Å². The molecule has 110 valence electrons. The Hall–Kier alpha value is -1.91. The molecule has 21 heavy (non-hydrogen) atoms. The normalized spacial score (nSPS) is 12.0. The van der Waals surface area contributed by atoms with E-state index in [9.17, 15) is 9.18 Å². The number of benzene rings is 2. The SMILES string of the molecule is NC(CCc1ccccc1)C(=O)Nc1cc(F)cc(Cl)c1. The maximum atomic E-state index is 13.2. The molecule has 3 N–H and O–H groups in total. The number of nitrogens with two attached hydrogens (primary N) is 1. The average Bonchev–Trinajstić information content (AvgIpc) is 2.44. The Morgan fingerprint density at radius 1 is 1.24 bits per heavy atom. The molecule has 1 atom stereocenters. The molecular weight excluding hydrogens is 291 g/mol. The first-order chi connectivity index (χ1) is 10.0. The number of hydrogen-bond donors (Lipinski definition) is 2. The Balaban J connectivity index is 1.90. The Kier molecular flexibility index (Phi) is 5.31. The lowest BCUT2D eigenvalue weighted by Crippen LogP contribution is -2.36. The van der Waals surface area contributed by atoms with Crippen LogP contribution in [0.25, 0.3) is 0 Å². The first kappa shape index (κ1) is 15.5. The lowest BCUT2D eigenvalue weighted by molar-refractivity contribution is -0.117. The Bertz CT molecular complexity index is 599. The Morgan fingerprint density at radius 3 is 2.62 bits per heavy atom. The van der Waals surface area contributed by atoms with E-state index in [4.69, 9.17) is 17.3 Å². The molecule has 0 spiro atoms. The van der Waals surface area contributed by atoms with Crippen LogP contribution in [0.5, 0.6) is 0 Å². The van der Waals surface area contributed by atoms with Gasteiger partial charge in [0.15, 0.2) is 0 Å². The summed E-state index contributed by atoms with van der Waals surface area (Å²) in [5.41, 5.74) is 7.28. The van der Waals surface area contributed by atoms with Gasteiger partial charge in [-0.1, -0.05) is 41.9 Å². The second-order valence-electron chi connectivity index (χ2n) is 4.78. The molecule has 0 aliphatic heterocycles. The van der Waals surface area contributed by atoms with Crippen LogP contribution in [0, 0.1) is 5.82 Å². The zero-order chi connectivity index (χ0) is 15.2. The fourth-order valence-corrected chi connectivity index (χ4v) is 2.18. The average molecular weight is 307 g/mol. The molecular formula is C16H16ClFN2O. The smallest absolute Gasteiger partial charge is 0.241 e. The van der Waals surface area contributed by atoms with E-state index >= 15 is 0 Å². The van der Waals surface area contributed by atoms with Crippen molar-refractivity contribution >= 4 is 23.2 Å². The summed E-state index contributed by atoms with van der Waals surface area (Å²) in [6, 6.07) is 13.0. The van der Waals surface area contributed by atoms with Crippen LogP contribution in [0.15, 0.2) is 48.5 Å². The summed E-state index contributed by atoms with van der Waals surface area (Å²) in [5.74, 6) is -0.858. The summed E-state index contributed by atoms with van der Waals surface area (Å²) < 4.78 is 13.2. The van der Waals surface area contributed by atoms with E-state index in [1.54, 1.807) is 0 Å². The molecule has 2 aromatic carbocycles. The quantitative estimate of drug-likeness (QED) is 0.890. The van der Waals surface area contributed by atoms with Crippen LogP contribution in [-0.2, 0) is 11.2 Å². The van der Waals surface area contributed by atoms with Gasteiger partial charge >= 0.3 is 0 Å². The summed E-state index contributed by atoms with van der Waals surface area (Å²) in [7, 11) is 0. The van der Waals surface area contributed by atoms with Crippen molar-refractivity contribution in [2.45, 2.75) is 18.9 Å². The van der Waals surface area contributed by atoms with Crippen molar-refractivity contribution in [3.05, 3.63) is 64.9 Å². The van der Waals surface area contributed by atoms with E-state index in [2.05, 4.69) is 5.32 Å². The highest BCUT2D eigenvalue weighted by Crippen LogP contribution is 2.18. The molecule has 0 saturated carbocycles. The van der Waals surface area contributed by atoms with Gasteiger partial charge < -0.3 is 11.1 Å². The number of carbonyl (C=O) groups excluding carboxylic acids is 1. The lowest BCUT2D eigenvalue weighted by atomic mass is 10.1. The third kappa shape index (κ3) is 4.85. The zero-order valence-electron chi connectivity index (χ0n) is 11.4. The minimum atomic E-state index is -0.660. The number of nitrogens with one attached hydrogen (secondary N) is 1. The van der Waals surface area contributed by atoms with Gasteiger partial charge in [-0.25, -0.2) is 4.39 Å². The summed E-state index contributed by atoms with van der Waals surface area (Å²) in [4.78, 5) is 12.0.